The van der Waals surface area contributed by atoms with Crippen LogP contribution in [0.1, 0.15) is 39.4 Å². The molecule has 1 aliphatic rings. The third-order valence-electron chi connectivity index (χ3n) is 6.64. The third-order valence-corrected chi connectivity index (χ3v) is 6.64. The van der Waals surface area contributed by atoms with E-state index in [1.165, 1.54) is 12.0 Å². The lowest BCUT2D eigenvalue weighted by atomic mass is 9.92. The molecular formula is C29H29NO5. The summed E-state index contributed by atoms with van der Waals surface area (Å²) in [6, 6.07) is 15.6. The van der Waals surface area contributed by atoms with E-state index in [4.69, 9.17) is 9.47 Å². The van der Waals surface area contributed by atoms with Gasteiger partial charge in [-0.3, -0.25) is 14.5 Å². The molecule has 0 saturated carbocycles. The number of anilines is 1. The first-order valence-electron chi connectivity index (χ1n) is 11.4. The molecule has 0 aromatic heterocycles. The maximum atomic E-state index is 13.5. The van der Waals surface area contributed by atoms with Crippen molar-refractivity contribution < 1.29 is 24.2 Å². The van der Waals surface area contributed by atoms with Gasteiger partial charge in [0.05, 0.1) is 25.8 Å². The maximum Gasteiger partial charge on any atom is 0.300 e. The Hall–Kier alpha value is -4.06. The minimum atomic E-state index is -0.866. The number of aliphatic hydroxyl groups excluding tert-OH is 1. The molecule has 180 valence electrons. The minimum Gasteiger partial charge on any atom is -0.507 e. The lowest BCUT2D eigenvalue weighted by molar-refractivity contribution is -0.132. The highest BCUT2D eigenvalue weighted by molar-refractivity contribution is 6.51. The van der Waals surface area contributed by atoms with Gasteiger partial charge in [-0.15, -0.1) is 0 Å². The Morgan fingerprint density at radius 1 is 0.800 bits per heavy atom. The summed E-state index contributed by atoms with van der Waals surface area (Å²) in [5, 5.41) is 11.5. The second-order valence-corrected chi connectivity index (χ2v) is 8.82. The number of ether oxygens (including phenoxy) is 2. The molecule has 6 heteroatoms. The van der Waals surface area contributed by atoms with Crippen molar-refractivity contribution in [2.45, 2.75) is 33.7 Å². The van der Waals surface area contributed by atoms with Crippen LogP contribution in [0, 0.1) is 27.7 Å². The van der Waals surface area contributed by atoms with Crippen molar-refractivity contribution in [2.75, 3.05) is 19.1 Å². The molecule has 1 unspecified atom stereocenters. The first-order valence-corrected chi connectivity index (χ1v) is 11.4. The zero-order valence-electron chi connectivity index (χ0n) is 20.8. The number of benzene rings is 3. The molecule has 1 aliphatic heterocycles. The van der Waals surface area contributed by atoms with Crippen LogP contribution in [0.5, 0.6) is 11.5 Å². The maximum absolute atomic E-state index is 13.5. The smallest absolute Gasteiger partial charge is 0.300 e. The van der Waals surface area contributed by atoms with E-state index >= 15 is 0 Å². The number of methoxy groups -OCH3 is 2. The van der Waals surface area contributed by atoms with Gasteiger partial charge in [-0.2, -0.15) is 0 Å². The Morgan fingerprint density at radius 3 is 2.14 bits per heavy atom. The van der Waals surface area contributed by atoms with Gasteiger partial charge in [-0.05, 0) is 80.3 Å². The number of carbonyl (C=O) groups is 2. The zero-order valence-corrected chi connectivity index (χ0v) is 20.8. The number of amides is 1. The number of carbonyl (C=O) groups excluding carboxylic acids is 2. The van der Waals surface area contributed by atoms with Crippen LogP contribution < -0.4 is 14.4 Å². The largest absolute Gasteiger partial charge is 0.507 e. The molecule has 0 aliphatic carbocycles. The molecule has 0 radical (unpaired) electrons. The summed E-state index contributed by atoms with van der Waals surface area (Å²) in [7, 11) is 3.12. The van der Waals surface area contributed by atoms with Crippen molar-refractivity contribution in [3.63, 3.8) is 0 Å². The fraction of sp³-hybridized carbons (Fsp3) is 0.241. The molecule has 35 heavy (non-hydrogen) atoms. The standard InChI is InChI=1S/C29H29NO5/c1-16-11-12-20(13-17(16)2)30-26(21-9-7-8-10-23(21)34-5)25(28(32)29(30)33)27(31)22-14-19(4)24(35-6)15-18(22)3/h7-15,26,31H,1-6H3/b27-25+. The number of para-hydroxylation sites is 1. The summed E-state index contributed by atoms with van der Waals surface area (Å²) < 4.78 is 11.0. The molecule has 1 heterocycles. The van der Waals surface area contributed by atoms with Crippen LogP contribution in [0.3, 0.4) is 0 Å². The Labute approximate surface area is 205 Å². The Bertz CT molecular complexity index is 1370. The highest BCUT2D eigenvalue weighted by Gasteiger charge is 2.48. The number of aliphatic hydroxyl groups is 1. The predicted molar refractivity (Wildman–Crippen MR) is 136 cm³/mol. The van der Waals surface area contributed by atoms with E-state index in [-0.39, 0.29) is 11.3 Å². The molecule has 1 atom stereocenters. The van der Waals surface area contributed by atoms with Crippen LogP contribution in [0.2, 0.25) is 0 Å². The minimum absolute atomic E-state index is 0.0189. The summed E-state index contributed by atoms with van der Waals surface area (Å²) in [6.45, 7) is 7.63. The average molecular weight is 472 g/mol. The van der Waals surface area contributed by atoms with Gasteiger partial charge in [0, 0.05) is 16.8 Å². The fourth-order valence-electron chi connectivity index (χ4n) is 4.57. The molecule has 1 N–H and O–H groups in total. The molecule has 1 fully saturated rings. The van der Waals surface area contributed by atoms with Gasteiger partial charge in [-0.1, -0.05) is 24.3 Å². The first kappa shape index (κ1) is 24.1. The van der Waals surface area contributed by atoms with Gasteiger partial charge < -0.3 is 14.6 Å². The van der Waals surface area contributed by atoms with Gasteiger partial charge in [0.2, 0.25) is 0 Å². The fourth-order valence-corrected chi connectivity index (χ4v) is 4.57. The van der Waals surface area contributed by atoms with Gasteiger partial charge in [0.1, 0.15) is 17.3 Å². The molecule has 6 nitrogen and oxygen atoms in total. The highest BCUT2D eigenvalue weighted by Crippen LogP contribution is 2.45. The van der Waals surface area contributed by atoms with E-state index in [2.05, 4.69) is 0 Å². The van der Waals surface area contributed by atoms with E-state index in [1.54, 1.807) is 19.2 Å². The van der Waals surface area contributed by atoms with Crippen LogP contribution in [-0.4, -0.2) is 31.0 Å². The summed E-state index contributed by atoms with van der Waals surface area (Å²) in [5.41, 5.74) is 5.27. The van der Waals surface area contributed by atoms with Crippen molar-refractivity contribution in [3.8, 4) is 11.5 Å². The molecule has 1 saturated heterocycles. The number of rotatable bonds is 5. The summed E-state index contributed by atoms with van der Waals surface area (Å²) in [4.78, 5) is 28.4. The molecular weight excluding hydrogens is 442 g/mol. The SMILES string of the molecule is COc1cc(C)c(/C(O)=C2\C(=O)C(=O)N(c3ccc(C)c(C)c3)C2c2ccccc2OC)cc1C. The first-order chi connectivity index (χ1) is 16.7. The van der Waals surface area contributed by atoms with Crippen molar-refractivity contribution in [1.29, 1.82) is 0 Å². The van der Waals surface area contributed by atoms with E-state index in [9.17, 15) is 14.7 Å². The van der Waals surface area contributed by atoms with Crippen molar-refractivity contribution in [1.82, 2.24) is 0 Å². The highest BCUT2D eigenvalue weighted by atomic mass is 16.5. The number of hydrogen-bond acceptors (Lipinski definition) is 5. The second-order valence-electron chi connectivity index (χ2n) is 8.82. The van der Waals surface area contributed by atoms with E-state index in [0.717, 1.165) is 22.3 Å². The normalized spacial score (nSPS) is 17.1. The molecule has 1 amide bonds. The lowest BCUT2D eigenvalue weighted by Crippen LogP contribution is -2.29. The Balaban J connectivity index is 2.02. The van der Waals surface area contributed by atoms with Gasteiger partial charge >= 0.3 is 0 Å². The Morgan fingerprint density at radius 2 is 1.49 bits per heavy atom. The van der Waals surface area contributed by atoms with Crippen LogP contribution in [0.25, 0.3) is 5.76 Å². The monoisotopic (exact) mass is 471 g/mol. The molecule has 4 rings (SSSR count). The molecule has 3 aromatic carbocycles. The zero-order chi connectivity index (χ0) is 25.4. The topological polar surface area (TPSA) is 76.1 Å². The third kappa shape index (κ3) is 4.05. The quantitative estimate of drug-likeness (QED) is 0.299. The van der Waals surface area contributed by atoms with Crippen molar-refractivity contribution >= 4 is 23.1 Å². The number of Topliss-reactive ketones (excluding diaryl/α,β-unsaturated/α-hetero) is 1. The van der Waals surface area contributed by atoms with Crippen LogP contribution >= 0.6 is 0 Å². The summed E-state index contributed by atoms with van der Waals surface area (Å²) in [5.74, 6) is -0.482. The molecule has 3 aromatic rings. The van der Waals surface area contributed by atoms with Crippen molar-refractivity contribution in [3.05, 3.63) is 93.6 Å². The number of nitrogens with zero attached hydrogens (tertiary/aromatic N) is 1. The Kier molecular flexibility index (Phi) is 6.39. The van der Waals surface area contributed by atoms with Crippen LogP contribution in [-0.2, 0) is 9.59 Å². The van der Waals surface area contributed by atoms with Crippen LogP contribution in [0.4, 0.5) is 5.69 Å². The van der Waals surface area contributed by atoms with Gasteiger partial charge in [0.25, 0.3) is 11.7 Å². The number of aryl methyl sites for hydroxylation is 4. The summed E-state index contributed by atoms with van der Waals surface area (Å²) in [6.07, 6.45) is 0. The van der Waals surface area contributed by atoms with Gasteiger partial charge in [0.15, 0.2) is 0 Å². The molecule has 0 bridgehead atoms. The van der Waals surface area contributed by atoms with Crippen LogP contribution in [0.15, 0.2) is 60.2 Å². The van der Waals surface area contributed by atoms with Crippen molar-refractivity contribution in [2.24, 2.45) is 0 Å². The van der Waals surface area contributed by atoms with E-state index in [0.29, 0.717) is 28.3 Å². The lowest BCUT2D eigenvalue weighted by Gasteiger charge is -2.27. The molecule has 0 spiro atoms. The summed E-state index contributed by atoms with van der Waals surface area (Å²) >= 11 is 0. The van der Waals surface area contributed by atoms with Gasteiger partial charge in [-0.25, -0.2) is 0 Å². The second kappa shape index (κ2) is 9.29. The average Bonchev–Trinajstić information content (AvgIpc) is 3.11. The predicted octanol–water partition coefficient (Wildman–Crippen LogP) is 5.56. The number of ketones is 1. The van der Waals surface area contributed by atoms with E-state index in [1.807, 2.05) is 70.2 Å². The van der Waals surface area contributed by atoms with E-state index < -0.39 is 17.7 Å². The number of hydrogen-bond donors (Lipinski definition) is 1.